The van der Waals surface area contributed by atoms with E-state index >= 15 is 0 Å². The molecule has 1 heterocycles. The van der Waals surface area contributed by atoms with Gasteiger partial charge in [0.05, 0.1) is 30.4 Å². The number of sulfonamides is 1. The van der Waals surface area contributed by atoms with Gasteiger partial charge >= 0.3 is 0 Å². The predicted molar refractivity (Wildman–Crippen MR) is 112 cm³/mol. The molecule has 28 heavy (non-hydrogen) atoms. The van der Waals surface area contributed by atoms with Gasteiger partial charge in [-0.25, -0.2) is 8.42 Å². The van der Waals surface area contributed by atoms with Crippen molar-refractivity contribution in [2.75, 3.05) is 23.7 Å². The summed E-state index contributed by atoms with van der Waals surface area (Å²) >= 11 is 0. The fourth-order valence-corrected chi connectivity index (χ4v) is 4.05. The molecule has 0 saturated heterocycles. The van der Waals surface area contributed by atoms with Crippen molar-refractivity contribution in [3.05, 3.63) is 71.9 Å². The van der Waals surface area contributed by atoms with E-state index in [9.17, 15) is 13.2 Å². The first-order valence-electron chi connectivity index (χ1n) is 8.98. The highest BCUT2D eigenvalue weighted by Crippen LogP contribution is 2.26. The van der Waals surface area contributed by atoms with Crippen LogP contribution < -0.4 is 9.62 Å². The third-order valence-electron chi connectivity index (χ3n) is 4.36. The van der Waals surface area contributed by atoms with E-state index in [1.807, 2.05) is 49.4 Å². The number of carbonyl (C=O) groups excluding carboxylic acids is 1. The Bertz CT molecular complexity index is 1090. The number of nitrogens with one attached hydrogen (secondary N) is 1. The van der Waals surface area contributed by atoms with Crippen LogP contribution in [0.15, 0.2) is 60.8 Å². The average Bonchev–Trinajstić information content (AvgIpc) is 2.64. The first-order chi connectivity index (χ1) is 13.3. The lowest BCUT2D eigenvalue weighted by molar-refractivity contribution is -0.120. The van der Waals surface area contributed by atoms with Crippen LogP contribution in [0.2, 0.25) is 0 Å². The summed E-state index contributed by atoms with van der Waals surface area (Å²) in [5.41, 5.74) is 3.14. The molecule has 3 aromatic rings. The largest absolute Gasteiger partial charge is 0.354 e. The third kappa shape index (κ3) is 4.86. The molecule has 0 aliphatic carbocycles. The van der Waals surface area contributed by atoms with Crippen LogP contribution in [0.3, 0.4) is 0 Å². The van der Waals surface area contributed by atoms with E-state index in [4.69, 9.17) is 0 Å². The fourth-order valence-electron chi connectivity index (χ4n) is 3.12. The number of hydrogen-bond acceptors (Lipinski definition) is 4. The number of anilines is 1. The Morgan fingerprint density at radius 2 is 1.86 bits per heavy atom. The van der Waals surface area contributed by atoms with Crippen LogP contribution in [0.4, 0.5) is 5.69 Å². The van der Waals surface area contributed by atoms with Crippen LogP contribution in [0.1, 0.15) is 11.1 Å². The van der Waals surface area contributed by atoms with E-state index in [0.29, 0.717) is 11.2 Å². The summed E-state index contributed by atoms with van der Waals surface area (Å²) in [5.74, 6) is -0.143. The van der Waals surface area contributed by atoms with Crippen LogP contribution in [-0.2, 0) is 21.2 Å². The minimum absolute atomic E-state index is 0.133. The molecular formula is C21H23N3O3S. The van der Waals surface area contributed by atoms with Gasteiger partial charge in [0.15, 0.2) is 0 Å². The molecule has 0 fully saturated rings. The Balaban J connectivity index is 1.71. The lowest BCUT2D eigenvalue weighted by Gasteiger charge is -2.23. The molecular weight excluding hydrogens is 374 g/mol. The lowest BCUT2D eigenvalue weighted by Crippen LogP contribution is -2.38. The van der Waals surface area contributed by atoms with Gasteiger partial charge < -0.3 is 5.32 Å². The molecule has 0 spiro atoms. The highest BCUT2D eigenvalue weighted by Gasteiger charge is 2.20. The Hall–Kier alpha value is -2.93. The van der Waals surface area contributed by atoms with E-state index in [0.717, 1.165) is 22.8 Å². The number of fused-ring (bicyclic) bond motifs is 1. The smallest absolute Gasteiger partial charge is 0.232 e. The zero-order chi connectivity index (χ0) is 20.1. The van der Waals surface area contributed by atoms with E-state index in [2.05, 4.69) is 10.3 Å². The predicted octanol–water partition coefficient (Wildman–Crippen LogP) is 2.67. The monoisotopic (exact) mass is 397 g/mol. The summed E-state index contributed by atoms with van der Waals surface area (Å²) in [6.45, 7) is 2.32. The first kappa shape index (κ1) is 19.8. The maximum Gasteiger partial charge on any atom is 0.232 e. The molecule has 0 atom stereocenters. The number of hydrogen-bond donors (Lipinski definition) is 1. The van der Waals surface area contributed by atoms with Gasteiger partial charge in [0.25, 0.3) is 0 Å². The van der Waals surface area contributed by atoms with Crippen molar-refractivity contribution in [2.24, 2.45) is 0 Å². The van der Waals surface area contributed by atoms with Crippen molar-refractivity contribution < 1.29 is 13.2 Å². The van der Waals surface area contributed by atoms with Crippen molar-refractivity contribution in [3.63, 3.8) is 0 Å². The summed E-state index contributed by atoms with van der Waals surface area (Å²) in [5, 5.41) is 3.66. The van der Waals surface area contributed by atoms with Crippen molar-refractivity contribution in [1.29, 1.82) is 0 Å². The summed E-state index contributed by atoms with van der Waals surface area (Å²) in [7, 11) is -3.53. The topological polar surface area (TPSA) is 79.4 Å². The number of amides is 1. The van der Waals surface area contributed by atoms with E-state index in [-0.39, 0.29) is 25.4 Å². The molecule has 1 aromatic heterocycles. The number of aromatic nitrogens is 1. The Morgan fingerprint density at radius 3 is 2.61 bits per heavy atom. The number of rotatable bonds is 7. The SMILES string of the molecule is Cc1cccc(CC(=O)NCCN(c2cccc3cccnc23)S(C)(=O)=O)c1. The molecule has 1 amide bonds. The molecule has 0 radical (unpaired) electrons. The van der Waals surface area contributed by atoms with Crippen LogP contribution in [0.5, 0.6) is 0 Å². The summed E-state index contributed by atoms with van der Waals surface area (Å²) in [6.07, 6.45) is 3.05. The Morgan fingerprint density at radius 1 is 1.11 bits per heavy atom. The van der Waals surface area contributed by atoms with Crippen molar-refractivity contribution >= 4 is 32.5 Å². The molecule has 0 aliphatic heterocycles. The zero-order valence-electron chi connectivity index (χ0n) is 15.9. The first-order valence-corrected chi connectivity index (χ1v) is 10.8. The van der Waals surface area contributed by atoms with Gasteiger partial charge in [0.1, 0.15) is 0 Å². The van der Waals surface area contributed by atoms with E-state index in [1.165, 1.54) is 4.31 Å². The molecule has 3 rings (SSSR count). The Kier molecular flexibility index (Phi) is 5.94. The molecule has 146 valence electrons. The van der Waals surface area contributed by atoms with Gasteiger partial charge in [-0.05, 0) is 24.6 Å². The minimum Gasteiger partial charge on any atom is -0.354 e. The van der Waals surface area contributed by atoms with Gasteiger partial charge in [-0.3, -0.25) is 14.1 Å². The van der Waals surface area contributed by atoms with Crippen LogP contribution >= 0.6 is 0 Å². The average molecular weight is 398 g/mol. The molecule has 6 nitrogen and oxygen atoms in total. The number of nitrogens with zero attached hydrogens (tertiary/aromatic N) is 2. The number of pyridine rings is 1. The van der Waals surface area contributed by atoms with Gasteiger partial charge in [0, 0.05) is 18.1 Å². The molecule has 0 saturated carbocycles. The lowest BCUT2D eigenvalue weighted by atomic mass is 10.1. The molecule has 2 aromatic carbocycles. The Labute approximate surface area is 165 Å². The fraction of sp³-hybridized carbons (Fsp3) is 0.238. The van der Waals surface area contributed by atoms with Crippen LogP contribution in [0.25, 0.3) is 10.9 Å². The van der Waals surface area contributed by atoms with E-state index < -0.39 is 10.0 Å². The van der Waals surface area contributed by atoms with Crippen LogP contribution in [-0.4, -0.2) is 38.7 Å². The second kappa shape index (κ2) is 8.39. The zero-order valence-corrected chi connectivity index (χ0v) is 16.7. The highest BCUT2D eigenvalue weighted by molar-refractivity contribution is 7.92. The second-order valence-corrected chi connectivity index (χ2v) is 8.61. The van der Waals surface area contributed by atoms with Crippen LogP contribution in [0, 0.1) is 6.92 Å². The maximum atomic E-state index is 12.4. The molecule has 0 unspecified atom stereocenters. The molecule has 0 aliphatic rings. The second-order valence-electron chi connectivity index (χ2n) is 6.70. The highest BCUT2D eigenvalue weighted by atomic mass is 32.2. The van der Waals surface area contributed by atoms with Gasteiger partial charge in [0.2, 0.25) is 15.9 Å². The number of benzene rings is 2. The summed E-state index contributed by atoms with van der Waals surface area (Å²) in [4.78, 5) is 16.5. The minimum atomic E-state index is -3.53. The molecule has 0 bridgehead atoms. The summed E-state index contributed by atoms with van der Waals surface area (Å²) < 4.78 is 26.0. The normalized spacial score (nSPS) is 11.4. The number of carbonyl (C=O) groups is 1. The van der Waals surface area contributed by atoms with Crippen molar-refractivity contribution in [2.45, 2.75) is 13.3 Å². The third-order valence-corrected chi connectivity index (χ3v) is 5.54. The standard InChI is InChI=1S/C21H23N3O3S/c1-16-6-3-7-17(14-16)15-20(25)22-12-13-24(28(2,26)27)19-10-4-8-18-9-5-11-23-21(18)19/h3-11,14H,12-13,15H2,1-2H3,(H,22,25). The molecule has 7 heteroatoms. The maximum absolute atomic E-state index is 12.4. The van der Waals surface area contributed by atoms with Gasteiger partial charge in [-0.1, -0.05) is 48.0 Å². The van der Waals surface area contributed by atoms with Gasteiger partial charge in [-0.15, -0.1) is 0 Å². The number of para-hydroxylation sites is 1. The van der Waals surface area contributed by atoms with Gasteiger partial charge in [-0.2, -0.15) is 0 Å². The number of aryl methyl sites for hydroxylation is 1. The summed E-state index contributed by atoms with van der Waals surface area (Å²) in [6, 6.07) is 16.9. The van der Waals surface area contributed by atoms with E-state index in [1.54, 1.807) is 18.3 Å². The molecule has 1 N–H and O–H groups in total. The van der Waals surface area contributed by atoms with Crippen molar-refractivity contribution in [3.8, 4) is 0 Å². The van der Waals surface area contributed by atoms with Crippen molar-refractivity contribution in [1.82, 2.24) is 10.3 Å². The quantitative estimate of drug-likeness (QED) is 0.665.